The summed E-state index contributed by atoms with van der Waals surface area (Å²) in [6.07, 6.45) is -3.09. The number of halogens is 3. The van der Waals surface area contributed by atoms with Crippen LogP contribution in [0.1, 0.15) is 17.6 Å². The molecule has 0 bridgehead atoms. The van der Waals surface area contributed by atoms with Crippen molar-refractivity contribution in [3.63, 3.8) is 0 Å². The Bertz CT molecular complexity index is 397. The molecule has 0 saturated heterocycles. The van der Waals surface area contributed by atoms with Gasteiger partial charge in [-0.15, -0.1) is 0 Å². The van der Waals surface area contributed by atoms with Crippen LogP contribution in [0.25, 0.3) is 0 Å². The second-order valence-corrected chi connectivity index (χ2v) is 2.61. The van der Waals surface area contributed by atoms with Gasteiger partial charge in [0.25, 0.3) is 6.43 Å². The molecule has 0 atom stereocenters. The van der Waals surface area contributed by atoms with E-state index in [1.165, 1.54) is 0 Å². The van der Waals surface area contributed by atoms with Crippen LogP contribution in [0.3, 0.4) is 0 Å². The second kappa shape index (κ2) is 4.22. The average Bonchev–Trinajstić information content (AvgIpc) is 2.16. The van der Waals surface area contributed by atoms with E-state index in [1.807, 2.05) is 0 Å². The van der Waals surface area contributed by atoms with Crippen molar-refractivity contribution in [2.24, 2.45) is 5.73 Å². The molecule has 2 N–H and O–H groups in total. The highest BCUT2D eigenvalue weighted by molar-refractivity contribution is 5.36. The third kappa shape index (κ3) is 2.21. The van der Waals surface area contributed by atoms with E-state index in [0.29, 0.717) is 6.07 Å². The van der Waals surface area contributed by atoms with Crippen LogP contribution in [-0.4, -0.2) is 9.91 Å². The van der Waals surface area contributed by atoms with Crippen LogP contribution in [0, 0.1) is 16.1 Å². The lowest BCUT2D eigenvalue weighted by molar-refractivity contribution is -0.391. The van der Waals surface area contributed by atoms with Gasteiger partial charge in [-0.2, -0.15) is 4.39 Å². The first-order chi connectivity index (χ1) is 6.97. The topological polar surface area (TPSA) is 82.0 Å². The maximum absolute atomic E-state index is 12.9. The van der Waals surface area contributed by atoms with Gasteiger partial charge >= 0.3 is 11.8 Å². The minimum Gasteiger partial charge on any atom is -0.358 e. The maximum Gasteiger partial charge on any atom is 0.375 e. The molecule has 1 aromatic heterocycles. The number of rotatable bonds is 3. The highest BCUT2D eigenvalue weighted by Crippen LogP contribution is 2.28. The first-order valence-electron chi connectivity index (χ1n) is 3.79. The molecule has 0 aliphatic heterocycles. The van der Waals surface area contributed by atoms with E-state index >= 15 is 0 Å². The number of pyridine rings is 1. The molecule has 15 heavy (non-hydrogen) atoms. The average molecular weight is 221 g/mol. The normalized spacial score (nSPS) is 10.7. The molecule has 0 aromatic carbocycles. The molecule has 0 saturated carbocycles. The lowest BCUT2D eigenvalue weighted by atomic mass is 10.2. The van der Waals surface area contributed by atoms with Crippen molar-refractivity contribution in [1.82, 2.24) is 4.98 Å². The molecule has 82 valence electrons. The van der Waals surface area contributed by atoms with E-state index in [9.17, 15) is 23.3 Å². The Labute approximate surface area is 81.9 Å². The lowest BCUT2D eigenvalue weighted by Crippen LogP contribution is -2.07. The van der Waals surface area contributed by atoms with Crippen LogP contribution in [-0.2, 0) is 6.54 Å². The van der Waals surface area contributed by atoms with Crippen molar-refractivity contribution in [3.05, 3.63) is 33.3 Å². The Morgan fingerprint density at radius 2 is 2.20 bits per heavy atom. The Morgan fingerprint density at radius 3 is 2.60 bits per heavy atom. The zero-order valence-electron chi connectivity index (χ0n) is 7.28. The van der Waals surface area contributed by atoms with E-state index in [4.69, 9.17) is 5.73 Å². The van der Waals surface area contributed by atoms with Crippen LogP contribution in [0.2, 0.25) is 0 Å². The molecule has 0 fully saturated rings. The number of hydrogen-bond acceptors (Lipinski definition) is 4. The summed E-state index contributed by atoms with van der Waals surface area (Å²) in [5, 5.41) is 10.3. The van der Waals surface area contributed by atoms with Crippen LogP contribution in [0.4, 0.5) is 19.0 Å². The Morgan fingerprint density at radius 1 is 1.60 bits per heavy atom. The van der Waals surface area contributed by atoms with E-state index in [0.717, 1.165) is 0 Å². The first kappa shape index (κ1) is 11.4. The van der Waals surface area contributed by atoms with Gasteiger partial charge in [0.1, 0.15) is 5.56 Å². The molecule has 0 radical (unpaired) electrons. The summed E-state index contributed by atoms with van der Waals surface area (Å²) in [6, 6.07) is 0.658. The quantitative estimate of drug-likeness (QED) is 0.476. The van der Waals surface area contributed by atoms with Crippen molar-refractivity contribution in [2.75, 3.05) is 0 Å². The minimum atomic E-state index is -3.09. The number of nitro groups is 1. The predicted octanol–water partition coefficient (Wildman–Crippen LogP) is 1.53. The van der Waals surface area contributed by atoms with E-state index < -0.39 is 28.7 Å². The molecular formula is C7H6F3N3O2. The predicted molar refractivity (Wildman–Crippen MR) is 43.7 cm³/mol. The van der Waals surface area contributed by atoms with Gasteiger partial charge in [-0.05, 0) is 16.0 Å². The maximum atomic E-state index is 12.9. The van der Waals surface area contributed by atoms with Gasteiger partial charge in [0.2, 0.25) is 0 Å². The van der Waals surface area contributed by atoms with Gasteiger partial charge in [-0.3, -0.25) is 0 Å². The van der Waals surface area contributed by atoms with Gasteiger partial charge in [0, 0.05) is 12.1 Å². The zero-order chi connectivity index (χ0) is 11.6. The van der Waals surface area contributed by atoms with Crippen molar-refractivity contribution >= 4 is 5.82 Å². The molecule has 0 unspecified atom stereocenters. The summed E-state index contributed by atoms with van der Waals surface area (Å²) in [5.74, 6) is -2.38. The fourth-order valence-corrected chi connectivity index (χ4v) is 0.991. The van der Waals surface area contributed by atoms with Crippen molar-refractivity contribution in [1.29, 1.82) is 0 Å². The third-order valence-corrected chi connectivity index (χ3v) is 1.68. The highest BCUT2D eigenvalue weighted by atomic mass is 19.3. The zero-order valence-corrected chi connectivity index (χ0v) is 7.28. The van der Waals surface area contributed by atoms with Gasteiger partial charge < -0.3 is 15.8 Å². The lowest BCUT2D eigenvalue weighted by Gasteiger charge is -2.03. The van der Waals surface area contributed by atoms with Crippen LogP contribution in [0.5, 0.6) is 0 Å². The second-order valence-electron chi connectivity index (χ2n) is 2.61. The molecule has 0 spiro atoms. The molecule has 0 amide bonds. The van der Waals surface area contributed by atoms with Crippen LogP contribution >= 0.6 is 0 Å². The molecule has 1 heterocycles. The summed E-state index contributed by atoms with van der Waals surface area (Å²) < 4.78 is 37.6. The molecule has 5 nitrogen and oxygen atoms in total. The smallest absolute Gasteiger partial charge is 0.358 e. The van der Waals surface area contributed by atoms with Crippen molar-refractivity contribution in [3.8, 4) is 0 Å². The molecule has 8 heteroatoms. The Kier molecular flexibility index (Phi) is 3.20. The highest BCUT2D eigenvalue weighted by Gasteiger charge is 2.26. The number of aromatic nitrogens is 1. The minimum absolute atomic E-state index is 0.282. The largest absolute Gasteiger partial charge is 0.375 e. The number of alkyl halides is 2. The SMILES string of the molecule is NCc1cc(C(F)F)c([N+](=O)[O-])nc1F. The first-order valence-corrected chi connectivity index (χ1v) is 3.79. The third-order valence-electron chi connectivity index (χ3n) is 1.68. The number of nitrogens with two attached hydrogens (primary N) is 1. The molecular weight excluding hydrogens is 215 g/mol. The molecule has 1 aromatic rings. The van der Waals surface area contributed by atoms with E-state index in [-0.39, 0.29) is 12.1 Å². The summed E-state index contributed by atoms with van der Waals surface area (Å²) >= 11 is 0. The van der Waals surface area contributed by atoms with Crippen molar-refractivity contribution in [2.45, 2.75) is 13.0 Å². The number of nitrogens with zero attached hydrogens (tertiary/aromatic N) is 2. The molecule has 0 aliphatic rings. The standard InChI is InChI=1S/C7H6F3N3O2/c8-5(9)4-1-3(2-11)6(10)12-7(4)13(14)15/h1,5H,2,11H2. The fourth-order valence-electron chi connectivity index (χ4n) is 0.991. The summed E-state index contributed by atoms with van der Waals surface area (Å²) in [7, 11) is 0. The number of hydrogen-bond donors (Lipinski definition) is 1. The monoisotopic (exact) mass is 221 g/mol. The summed E-state index contributed by atoms with van der Waals surface area (Å²) in [4.78, 5) is 12.0. The van der Waals surface area contributed by atoms with E-state index in [2.05, 4.69) is 4.98 Å². The summed E-state index contributed by atoms with van der Waals surface area (Å²) in [5.41, 5.74) is 3.84. The Hall–Kier alpha value is -1.70. The van der Waals surface area contributed by atoms with Gasteiger partial charge in [-0.1, -0.05) is 0 Å². The van der Waals surface area contributed by atoms with Gasteiger partial charge in [0.05, 0.1) is 0 Å². The van der Waals surface area contributed by atoms with Gasteiger partial charge in [-0.25, -0.2) is 8.78 Å². The molecule has 1 rings (SSSR count). The fraction of sp³-hybridized carbons (Fsp3) is 0.286. The van der Waals surface area contributed by atoms with Crippen LogP contribution < -0.4 is 5.73 Å². The van der Waals surface area contributed by atoms with Gasteiger partial charge in [0.15, 0.2) is 0 Å². The molecule has 0 aliphatic carbocycles. The summed E-state index contributed by atoms with van der Waals surface area (Å²) in [6.45, 7) is -0.351. The van der Waals surface area contributed by atoms with E-state index in [1.54, 1.807) is 0 Å². The van der Waals surface area contributed by atoms with Crippen LogP contribution in [0.15, 0.2) is 6.07 Å². The van der Waals surface area contributed by atoms with Crippen molar-refractivity contribution < 1.29 is 18.1 Å². The Balaban J connectivity index is 3.38.